The van der Waals surface area contributed by atoms with Crippen LogP contribution in [-0.4, -0.2) is 43.5 Å². The second-order valence-electron chi connectivity index (χ2n) is 9.96. The van der Waals surface area contributed by atoms with Gasteiger partial charge >= 0.3 is 6.09 Å². The van der Waals surface area contributed by atoms with Crippen LogP contribution in [0.4, 0.5) is 4.79 Å². The lowest BCUT2D eigenvalue weighted by atomic mass is 9.95. The number of rotatable bonds is 6. The molecule has 0 aromatic carbocycles. The topological polar surface area (TPSA) is 55.8 Å². The van der Waals surface area contributed by atoms with Crippen molar-refractivity contribution in [3.05, 3.63) is 12.2 Å². The van der Waals surface area contributed by atoms with E-state index < -0.39 is 26.1 Å². The van der Waals surface area contributed by atoms with E-state index >= 15 is 0 Å². The molecule has 1 rings (SSSR count). The van der Waals surface area contributed by atoms with Gasteiger partial charge in [-0.05, 0) is 45.3 Å². The molecule has 0 aromatic rings. The van der Waals surface area contributed by atoms with E-state index in [-0.39, 0.29) is 16.9 Å². The zero-order chi connectivity index (χ0) is 21.0. The number of ether oxygens (including phenoxy) is 1. The van der Waals surface area contributed by atoms with E-state index in [9.17, 15) is 9.59 Å². The van der Waals surface area contributed by atoms with E-state index in [0.717, 1.165) is 19.3 Å². The van der Waals surface area contributed by atoms with Gasteiger partial charge in [-0.15, -0.1) is 0 Å². The van der Waals surface area contributed by atoms with E-state index in [4.69, 9.17) is 9.16 Å². The highest BCUT2D eigenvalue weighted by Crippen LogP contribution is 2.37. The molecule has 1 aliphatic heterocycles. The zero-order valence-electron chi connectivity index (χ0n) is 18.7. The lowest BCUT2D eigenvalue weighted by Gasteiger charge is -2.40. The quantitative estimate of drug-likeness (QED) is 0.437. The number of hydrogen-bond donors (Lipinski definition) is 0. The maximum absolute atomic E-state index is 13.0. The summed E-state index contributed by atoms with van der Waals surface area (Å²) < 4.78 is 11.8. The molecule has 0 spiro atoms. The van der Waals surface area contributed by atoms with Crippen molar-refractivity contribution in [2.75, 3.05) is 6.61 Å². The van der Waals surface area contributed by atoms with Gasteiger partial charge in [0.15, 0.2) is 8.32 Å². The Morgan fingerprint density at radius 3 is 2.22 bits per heavy atom. The largest absolute Gasteiger partial charge is 0.443 e. The van der Waals surface area contributed by atoms with E-state index in [1.165, 1.54) is 4.90 Å². The Kier molecular flexibility index (Phi) is 7.88. The minimum absolute atomic E-state index is 0.0653. The molecule has 156 valence electrons. The minimum Gasteiger partial charge on any atom is -0.443 e. The normalized spacial score (nSPS) is 21.5. The molecule has 27 heavy (non-hydrogen) atoms. The van der Waals surface area contributed by atoms with Crippen molar-refractivity contribution < 1.29 is 18.8 Å². The molecule has 5 nitrogen and oxygen atoms in total. The van der Waals surface area contributed by atoms with E-state index in [2.05, 4.69) is 40.8 Å². The smallest absolute Gasteiger partial charge is 0.417 e. The Hall–Kier alpha value is -1.14. The molecule has 0 fully saturated rings. The van der Waals surface area contributed by atoms with Crippen LogP contribution in [0.5, 0.6) is 0 Å². The second kappa shape index (κ2) is 8.91. The lowest BCUT2D eigenvalue weighted by molar-refractivity contribution is -0.136. The standard InChI is InChI=1S/C21H39NO4Si/c1-10-11-12-16-13-14-17(15-25-27(8,9)21(5,6)7)22(18(16)23)19(24)26-20(2,3)4/h13-14,16-17H,10-12,15H2,1-9H3/t16-,17-/m1/s1. The molecule has 2 atom stereocenters. The number of unbranched alkanes of at least 4 members (excludes halogenated alkanes) is 1. The summed E-state index contributed by atoms with van der Waals surface area (Å²) in [7, 11) is -1.98. The summed E-state index contributed by atoms with van der Waals surface area (Å²) >= 11 is 0. The molecule has 0 radical (unpaired) electrons. The van der Waals surface area contributed by atoms with Gasteiger partial charge in [0.25, 0.3) is 0 Å². The SMILES string of the molecule is CCCC[C@@H]1C=C[C@H](CO[Si](C)(C)C(C)(C)C)N(C(=O)OC(C)(C)C)C1=O. The summed E-state index contributed by atoms with van der Waals surface area (Å²) in [6.45, 7) is 18.7. The van der Waals surface area contributed by atoms with Crippen LogP contribution in [0, 0.1) is 5.92 Å². The number of hydrogen-bond acceptors (Lipinski definition) is 4. The van der Waals surface area contributed by atoms with Crippen molar-refractivity contribution in [1.29, 1.82) is 0 Å². The highest BCUT2D eigenvalue weighted by atomic mass is 28.4. The first-order valence-electron chi connectivity index (χ1n) is 10.1. The molecule has 0 saturated carbocycles. The number of imide groups is 1. The molecular formula is C21H39NO4Si. The van der Waals surface area contributed by atoms with Gasteiger partial charge in [-0.25, -0.2) is 9.69 Å². The van der Waals surface area contributed by atoms with Crippen molar-refractivity contribution in [2.45, 2.75) is 97.5 Å². The monoisotopic (exact) mass is 397 g/mol. The molecule has 0 bridgehead atoms. The minimum atomic E-state index is -1.98. The average molecular weight is 398 g/mol. The number of carbonyl (C=O) groups is 2. The molecule has 2 amide bonds. The summed E-state index contributed by atoms with van der Waals surface area (Å²) in [5.41, 5.74) is -0.651. The van der Waals surface area contributed by atoms with Crippen LogP contribution in [0.1, 0.15) is 67.7 Å². The predicted molar refractivity (Wildman–Crippen MR) is 112 cm³/mol. The van der Waals surface area contributed by atoms with Crippen LogP contribution < -0.4 is 0 Å². The van der Waals surface area contributed by atoms with Gasteiger partial charge in [0.1, 0.15) is 5.60 Å². The third-order valence-electron chi connectivity index (χ3n) is 5.33. The van der Waals surface area contributed by atoms with Gasteiger partial charge in [0.05, 0.1) is 18.6 Å². The van der Waals surface area contributed by atoms with Gasteiger partial charge in [-0.3, -0.25) is 4.79 Å². The highest BCUT2D eigenvalue weighted by molar-refractivity contribution is 6.74. The van der Waals surface area contributed by atoms with Gasteiger partial charge in [0, 0.05) is 0 Å². The number of nitrogens with zero attached hydrogens (tertiary/aromatic N) is 1. The van der Waals surface area contributed by atoms with Crippen LogP contribution in [0.3, 0.4) is 0 Å². The Morgan fingerprint density at radius 2 is 1.74 bits per heavy atom. The van der Waals surface area contributed by atoms with Crippen LogP contribution in [-0.2, 0) is 14.0 Å². The fraction of sp³-hybridized carbons (Fsp3) is 0.810. The molecule has 0 saturated heterocycles. The zero-order valence-corrected chi connectivity index (χ0v) is 19.7. The average Bonchev–Trinajstić information content (AvgIpc) is 2.49. The molecule has 0 aromatic heterocycles. The summed E-state index contributed by atoms with van der Waals surface area (Å²) in [5.74, 6) is -0.439. The van der Waals surface area contributed by atoms with E-state index in [0.29, 0.717) is 6.61 Å². The first-order valence-corrected chi connectivity index (χ1v) is 13.0. The van der Waals surface area contributed by atoms with E-state index in [1.807, 2.05) is 32.9 Å². The third-order valence-corrected chi connectivity index (χ3v) is 9.83. The fourth-order valence-electron chi connectivity index (χ4n) is 2.59. The lowest BCUT2D eigenvalue weighted by Crippen LogP contribution is -2.53. The van der Waals surface area contributed by atoms with Gasteiger partial charge in [-0.1, -0.05) is 52.7 Å². The number of amides is 2. The van der Waals surface area contributed by atoms with Gasteiger partial charge in [-0.2, -0.15) is 0 Å². The second-order valence-corrected chi connectivity index (χ2v) is 14.8. The fourth-order valence-corrected chi connectivity index (χ4v) is 3.61. The molecule has 1 aliphatic rings. The molecule has 0 unspecified atom stereocenters. The highest BCUT2D eigenvalue weighted by Gasteiger charge is 2.41. The van der Waals surface area contributed by atoms with Crippen LogP contribution >= 0.6 is 0 Å². The molecular weight excluding hydrogens is 358 g/mol. The Balaban J connectivity index is 3.03. The summed E-state index contributed by atoms with van der Waals surface area (Å²) in [5, 5.41) is 0.0653. The summed E-state index contributed by atoms with van der Waals surface area (Å²) in [6, 6.07) is -0.417. The first-order chi connectivity index (χ1) is 12.2. The van der Waals surface area contributed by atoms with E-state index in [1.54, 1.807) is 0 Å². The molecule has 1 heterocycles. The Labute approximate surface area is 166 Å². The van der Waals surface area contributed by atoms with Gasteiger partial charge in [0.2, 0.25) is 5.91 Å². The molecule has 0 N–H and O–H groups in total. The molecule has 0 aliphatic carbocycles. The van der Waals surface area contributed by atoms with Crippen molar-refractivity contribution in [1.82, 2.24) is 4.90 Å². The van der Waals surface area contributed by atoms with Crippen LogP contribution in [0.15, 0.2) is 12.2 Å². The summed E-state index contributed by atoms with van der Waals surface area (Å²) in [6.07, 6.45) is 6.02. The Bertz CT molecular complexity index is 558. The van der Waals surface area contributed by atoms with Crippen molar-refractivity contribution in [3.63, 3.8) is 0 Å². The van der Waals surface area contributed by atoms with Crippen molar-refractivity contribution >= 4 is 20.3 Å². The van der Waals surface area contributed by atoms with Crippen LogP contribution in [0.25, 0.3) is 0 Å². The van der Waals surface area contributed by atoms with Crippen molar-refractivity contribution in [2.24, 2.45) is 5.92 Å². The number of carbonyl (C=O) groups excluding carboxylic acids is 2. The van der Waals surface area contributed by atoms with Crippen molar-refractivity contribution in [3.8, 4) is 0 Å². The summed E-state index contributed by atoms with van der Waals surface area (Å²) in [4.78, 5) is 27.1. The van der Waals surface area contributed by atoms with Gasteiger partial charge < -0.3 is 9.16 Å². The maximum atomic E-state index is 13.0. The first kappa shape index (κ1) is 23.9. The maximum Gasteiger partial charge on any atom is 0.417 e. The Morgan fingerprint density at radius 1 is 1.15 bits per heavy atom. The molecule has 6 heteroatoms. The third kappa shape index (κ3) is 6.75. The van der Waals surface area contributed by atoms with Crippen LogP contribution in [0.2, 0.25) is 18.1 Å². The predicted octanol–water partition coefficient (Wildman–Crippen LogP) is 5.52.